The van der Waals surface area contributed by atoms with Crippen molar-refractivity contribution in [2.24, 2.45) is 28.6 Å². The topological polar surface area (TPSA) is 62.2 Å². The zero-order chi connectivity index (χ0) is 27.2. The molecular formula is C34H49NO4. The number of nitrogens with zero attached hydrogens (tertiary/aromatic N) is 1. The Kier molecular flexibility index (Phi) is 7.62. The first kappa shape index (κ1) is 27.4. The van der Waals surface area contributed by atoms with E-state index in [1.165, 1.54) is 49.9 Å². The average molecular weight is 536 g/mol. The molecule has 5 nitrogen and oxygen atoms in total. The van der Waals surface area contributed by atoms with E-state index in [0.29, 0.717) is 24.4 Å². The van der Waals surface area contributed by atoms with E-state index >= 15 is 0 Å². The second-order valence-corrected chi connectivity index (χ2v) is 13.7. The number of methoxy groups -OCH3 is 1. The van der Waals surface area contributed by atoms with Crippen LogP contribution in [0.1, 0.15) is 83.6 Å². The summed E-state index contributed by atoms with van der Waals surface area (Å²) in [5, 5.41) is 22.0. The van der Waals surface area contributed by atoms with Crippen LogP contribution >= 0.6 is 0 Å². The Morgan fingerprint density at radius 3 is 2.62 bits per heavy atom. The fraction of sp³-hybridized carbons (Fsp3) is 0.706. The van der Waals surface area contributed by atoms with E-state index in [9.17, 15) is 10.2 Å². The third kappa shape index (κ3) is 4.97. The maximum atomic E-state index is 11.7. The fourth-order valence-electron chi connectivity index (χ4n) is 9.22. The second-order valence-electron chi connectivity index (χ2n) is 13.7. The smallest absolute Gasteiger partial charge is 0.161 e. The van der Waals surface area contributed by atoms with Crippen LogP contribution in [0.5, 0.6) is 11.5 Å². The summed E-state index contributed by atoms with van der Waals surface area (Å²) in [5.41, 5.74) is 3.90. The van der Waals surface area contributed by atoms with Crippen LogP contribution in [-0.2, 0) is 0 Å². The Labute approximate surface area is 235 Å². The van der Waals surface area contributed by atoms with Gasteiger partial charge >= 0.3 is 0 Å². The van der Waals surface area contributed by atoms with Crippen LogP contribution in [0.25, 0.3) is 6.08 Å². The molecule has 0 unspecified atom stereocenters. The molecule has 0 spiro atoms. The van der Waals surface area contributed by atoms with Gasteiger partial charge < -0.3 is 19.7 Å². The van der Waals surface area contributed by atoms with Crippen molar-refractivity contribution in [1.82, 2.24) is 4.90 Å². The molecule has 3 saturated carbocycles. The number of aliphatic hydroxyl groups excluding tert-OH is 2. The lowest BCUT2D eigenvalue weighted by Crippen LogP contribution is -2.51. The minimum absolute atomic E-state index is 0.0650. The molecule has 214 valence electrons. The van der Waals surface area contributed by atoms with Crippen molar-refractivity contribution in [3.05, 3.63) is 41.0 Å². The van der Waals surface area contributed by atoms with Crippen LogP contribution in [0, 0.1) is 28.6 Å². The first-order valence-electron chi connectivity index (χ1n) is 15.6. The highest BCUT2D eigenvalue weighted by Crippen LogP contribution is 2.65. The number of benzene rings is 1. The van der Waals surface area contributed by atoms with Crippen molar-refractivity contribution in [1.29, 1.82) is 0 Å². The van der Waals surface area contributed by atoms with Crippen LogP contribution in [0.4, 0.5) is 0 Å². The molecule has 6 rings (SSSR count). The van der Waals surface area contributed by atoms with Gasteiger partial charge in [0.15, 0.2) is 11.5 Å². The molecule has 1 aliphatic heterocycles. The molecule has 0 radical (unpaired) electrons. The molecule has 1 saturated heterocycles. The lowest BCUT2D eigenvalue weighted by atomic mass is 9.48. The average Bonchev–Trinajstić information content (AvgIpc) is 3.20. The molecule has 4 aliphatic carbocycles. The van der Waals surface area contributed by atoms with Gasteiger partial charge in [-0.1, -0.05) is 44.1 Å². The highest BCUT2D eigenvalue weighted by molar-refractivity contribution is 5.60. The minimum Gasteiger partial charge on any atom is -0.493 e. The summed E-state index contributed by atoms with van der Waals surface area (Å²) in [6.07, 6.45) is 15.3. The van der Waals surface area contributed by atoms with Gasteiger partial charge in [0.1, 0.15) is 6.61 Å². The lowest BCUT2D eigenvalue weighted by Gasteiger charge is -2.57. The number of aliphatic hydroxyl groups is 2. The predicted molar refractivity (Wildman–Crippen MR) is 156 cm³/mol. The Hall–Kier alpha value is -1.82. The Bertz CT molecular complexity index is 1110. The van der Waals surface area contributed by atoms with Crippen molar-refractivity contribution in [3.63, 3.8) is 0 Å². The molecule has 1 aromatic rings. The molecule has 5 heteroatoms. The summed E-state index contributed by atoms with van der Waals surface area (Å²) in [4.78, 5) is 2.49. The summed E-state index contributed by atoms with van der Waals surface area (Å²) in [5.74, 6) is 3.33. The Morgan fingerprint density at radius 2 is 1.82 bits per heavy atom. The van der Waals surface area contributed by atoms with E-state index in [1.807, 2.05) is 6.07 Å². The molecule has 7 atom stereocenters. The van der Waals surface area contributed by atoms with Crippen molar-refractivity contribution in [2.45, 2.75) is 90.3 Å². The second kappa shape index (κ2) is 10.9. The molecule has 5 aliphatic rings. The summed E-state index contributed by atoms with van der Waals surface area (Å²) in [6.45, 7) is 8.79. The normalized spacial score (nSPS) is 39.5. The van der Waals surface area contributed by atoms with Gasteiger partial charge in [-0.05, 0) is 117 Å². The number of ether oxygens (including phenoxy) is 2. The van der Waals surface area contributed by atoms with Gasteiger partial charge in [-0.25, -0.2) is 0 Å². The van der Waals surface area contributed by atoms with Gasteiger partial charge in [-0.2, -0.15) is 0 Å². The van der Waals surface area contributed by atoms with Gasteiger partial charge in [-0.3, -0.25) is 4.90 Å². The standard InChI is InChI=1S/C34H49NO4/c1-33-13-11-26(36)22-25(33)8-9-27-28(33)12-14-34(2)29(27)21-24(32(34)37)19-23-7-10-30(31(20-23)38-3)39-18-17-35-15-5-4-6-16-35/h7-8,10,19-20,26-29,32,36-37H,4-6,9,11-18,21-22H2,1-3H3/b24-19-/t26-,27+,28-,29-,32-,33-,34-/m0/s1. The Balaban J connectivity index is 1.17. The van der Waals surface area contributed by atoms with Crippen LogP contribution < -0.4 is 9.47 Å². The van der Waals surface area contributed by atoms with Gasteiger partial charge in [0.05, 0.1) is 19.3 Å². The zero-order valence-electron chi connectivity index (χ0n) is 24.3. The molecule has 0 amide bonds. The highest BCUT2D eigenvalue weighted by atomic mass is 16.5. The van der Waals surface area contributed by atoms with Crippen molar-refractivity contribution in [2.75, 3.05) is 33.4 Å². The minimum atomic E-state index is -0.402. The summed E-state index contributed by atoms with van der Waals surface area (Å²) in [7, 11) is 1.71. The summed E-state index contributed by atoms with van der Waals surface area (Å²) < 4.78 is 11.9. The quantitative estimate of drug-likeness (QED) is 0.423. The van der Waals surface area contributed by atoms with Gasteiger partial charge in [0.25, 0.3) is 0 Å². The van der Waals surface area contributed by atoms with E-state index in [-0.39, 0.29) is 16.9 Å². The number of fused-ring (bicyclic) bond motifs is 5. The summed E-state index contributed by atoms with van der Waals surface area (Å²) in [6, 6.07) is 6.20. The predicted octanol–water partition coefficient (Wildman–Crippen LogP) is 6.24. The Morgan fingerprint density at radius 1 is 1.00 bits per heavy atom. The fourth-order valence-corrected chi connectivity index (χ4v) is 9.22. The van der Waals surface area contributed by atoms with E-state index in [4.69, 9.17) is 9.47 Å². The number of allylic oxidation sites excluding steroid dienone is 1. The molecule has 2 N–H and O–H groups in total. The summed E-state index contributed by atoms with van der Waals surface area (Å²) >= 11 is 0. The zero-order valence-corrected chi connectivity index (χ0v) is 24.3. The van der Waals surface area contributed by atoms with Crippen molar-refractivity contribution < 1.29 is 19.7 Å². The van der Waals surface area contributed by atoms with E-state index in [1.54, 1.807) is 7.11 Å². The monoisotopic (exact) mass is 535 g/mol. The molecular weight excluding hydrogens is 486 g/mol. The first-order valence-corrected chi connectivity index (χ1v) is 15.6. The number of hydrogen-bond acceptors (Lipinski definition) is 5. The van der Waals surface area contributed by atoms with Crippen LogP contribution in [0.2, 0.25) is 0 Å². The maximum absolute atomic E-state index is 11.7. The SMILES string of the molecule is COc1cc(/C=C2/C[C@H]3[C@@H]4CC=C5C[C@@H](O)CC[C@]5(C)[C@H]4CC[C@]3(C)[C@H]2O)ccc1OCCN1CCCCC1. The first-order chi connectivity index (χ1) is 18.8. The number of piperidine rings is 1. The van der Waals surface area contributed by atoms with Crippen LogP contribution in [0.15, 0.2) is 35.4 Å². The molecule has 0 bridgehead atoms. The number of rotatable bonds is 6. The van der Waals surface area contributed by atoms with Crippen molar-refractivity contribution >= 4 is 6.08 Å². The molecule has 0 aromatic heterocycles. The van der Waals surface area contributed by atoms with Gasteiger partial charge in [-0.15, -0.1) is 0 Å². The molecule has 1 aromatic carbocycles. The van der Waals surface area contributed by atoms with E-state index in [0.717, 1.165) is 62.1 Å². The third-order valence-electron chi connectivity index (χ3n) is 11.6. The van der Waals surface area contributed by atoms with Crippen LogP contribution in [0.3, 0.4) is 0 Å². The molecule has 4 fully saturated rings. The lowest BCUT2D eigenvalue weighted by molar-refractivity contribution is -0.0685. The molecule has 1 heterocycles. The van der Waals surface area contributed by atoms with Crippen molar-refractivity contribution in [3.8, 4) is 11.5 Å². The van der Waals surface area contributed by atoms with Gasteiger partial charge in [0.2, 0.25) is 0 Å². The number of hydrogen-bond donors (Lipinski definition) is 2. The third-order valence-corrected chi connectivity index (χ3v) is 11.6. The van der Waals surface area contributed by atoms with Gasteiger partial charge in [0, 0.05) is 12.0 Å². The molecule has 39 heavy (non-hydrogen) atoms. The van der Waals surface area contributed by atoms with E-state index in [2.05, 4.69) is 43.0 Å². The van der Waals surface area contributed by atoms with E-state index < -0.39 is 6.10 Å². The van der Waals surface area contributed by atoms with Crippen LogP contribution in [-0.4, -0.2) is 60.7 Å². The highest BCUT2D eigenvalue weighted by Gasteiger charge is 2.59. The largest absolute Gasteiger partial charge is 0.493 e. The maximum Gasteiger partial charge on any atom is 0.161 e. The number of likely N-dealkylation sites (tertiary alicyclic amines) is 1.